The van der Waals surface area contributed by atoms with Crippen molar-refractivity contribution in [3.8, 4) is 11.3 Å². The van der Waals surface area contributed by atoms with Crippen LogP contribution in [0.2, 0.25) is 0 Å². The van der Waals surface area contributed by atoms with E-state index in [9.17, 15) is 9.59 Å². The van der Waals surface area contributed by atoms with Crippen LogP contribution < -0.4 is 11.1 Å². The first-order chi connectivity index (χ1) is 14.7. The first kappa shape index (κ1) is 17.9. The van der Waals surface area contributed by atoms with Gasteiger partial charge in [-0.15, -0.1) is 0 Å². The number of carbonyl (C=O) groups excluding carboxylic acids is 1. The van der Waals surface area contributed by atoms with Crippen LogP contribution in [0.5, 0.6) is 0 Å². The average molecular weight is 394 g/mol. The van der Waals surface area contributed by atoms with Crippen LogP contribution in [0.4, 0.5) is 0 Å². The van der Waals surface area contributed by atoms with Gasteiger partial charge in [0.15, 0.2) is 5.65 Å². The fourth-order valence-corrected chi connectivity index (χ4v) is 3.59. The number of rotatable bonds is 4. The Morgan fingerprint density at radius 2 is 1.53 bits per heavy atom. The number of hydrogen-bond donors (Lipinski definition) is 1. The molecule has 1 amide bonds. The van der Waals surface area contributed by atoms with Gasteiger partial charge in [0.05, 0.1) is 17.6 Å². The average Bonchev–Trinajstić information content (AvgIpc) is 3.24. The maximum atomic E-state index is 13.2. The molecule has 1 N–H and O–H groups in total. The summed E-state index contributed by atoms with van der Waals surface area (Å²) in [6.07, 6.45) is 1.89. The normalized spacial score (nSPS) is 11.1. The minimum absolute atomic E-state index is 0.179. The molecule has 0 atom stereocenters. The van der Waals surface area contributed by atoms with Gasteiger partial charge in [-0.25, -0.2) is 18.9 Å². The maximum absolute atomic E-state index is 13.2. The molecule has 0 fully saturated rings. The van der Waals surface area contributed by atoms with Gasteiger partial charge in [-0.05, 0) is 17.7 Å². The second-order valence-electron chi connectivity index (χ2n) is 7.02. The van der Waals surface area contributed by atoms with Crippen LogP contribution in [-0.4, -0.2) is 20.0 Å². The van der Waals surface area contributed by atoms with Crippen LogP contribution in [0, 0.1) is 0 Å². The fourth-order valence-electron chi connectivity index (χ4n) is 3.59. The molecule has 2 aromatic heterocycles. The van der Waals surface area contributed by atoms with Crippen LogP contribution in [0.1, 0.15) is 5.56 Å². The van der Waals surface area contributed by atoms with Crippen molar-refractivity contribution in [3.05, 3.63) is 107 Å². The Hall–Kier alpha value is -4.19. The van der Waals surface area contributed by atoms with Gasteiger partial charge < -0.3 is 0 Å². The molecule has 0 saturated carbocycles. The summed E-state index contributed by atoms with van der Waals surface area (Å²) in [5.41, 5.74) is 6.04. The molecule has 0 saturated heterocycles. The Morgan fingerprint density at radius 3 is 2.30 bits per heavy atom. The number of para-hydroxylation sites is 1. The first-order valence-corrected chi connectivity index (χ1v) is 9.63. The van der Waals surface area contributed by atoms with Crippen molar-refractivity contribution in [2.24, 2.45) is 0 Å². The van der Waals surface area contributed by atoms with Crippen LogP contribution >= 0.6 is 0 Å². The van der Waals surface area contributed by atoms with Gasteiger partial charge >= 0.3 is 5.69 Å². The third-order valence-corrected chi connectivity index (χ3v) is 5.00. The van der Waals surface area contributed by atoms with Crippen molar-refractivity contribution in [1.29, 1.82) is 0 Å². The highest BCUT2D eigenvalue weighted by molar-refractivity contribution is 5.94. The molecule has 146 valence electrons. The molecule has 3 aromatic carbocycles. The van der Waals surface area contributed by atoms with Gasteiger partial charge in [0.2, 0.25) is 5.91 Å². The number of hydrogen-bond acceptors (Lipinski definition) is 3. The standard InChI is InChI=1S/C24H18N4O2/c29-22(15-17-9-3-1-4-10-17)26-28-21-14-8-7-13-19(21)23-25-20(16-27(23)24(28)30)18-11-5-2-6-12-18/h1-14,16H,15H2,(H,26,29). The highest BCUT2D eigenvalue weighted by Gasteiger charge is 2.16. The fraction of sp³-hybridized carbons (Fsp3) is 0.0417. The van der Waals surface area contributed by atoms with E-state index in [0.717, 1.165) is 16.5 Å². The summed E-state index contributed by atoms with van der Waals surface area (Å²) in [7, 11) is 0. The highest BCUT2D eigenvalue weighted by atomic mass is 16.2. The van der Waals surface area contributed by atoms with E-state index in [0.29, 0.717) is 16.9 Å². The van der Waals surface area contributed by atoms with E-state index < -0.39 is 0 Å². The summed E-state index contributed by atoms with van der Waals surface area (Å²) in [6, 6.07) is 26.5. The summed E-state index contributed by atoms with van der Waals surface area (Å²) in [5.74, 6) is -0.267. The molecular weight excluding hydrogens is 376 g/mol. The zero-order valence-electron chi connectivity index (χ0n) is 16.0. The number of nitrogens with one attached hydrogen (secondary N) is 1. The van der Waals surface area contributed by atoms with E-state index in [2.05, 4.69) is 5.43 Å². The monoisotopic (exact) mass is 394 g/mol. The van der Waals surface area contributed by atoms with E-state index in [1.165, 1.54) is 9.08 Å². The molecule has 5 rings (SSSR count). The van der Waals surface area contributed by atoms with Crippen LogP contribution in [0.25, 0.3) is 27.8 Å². The zero-order valence-corrected chi connectivity index (χ0v) is 16.0. The summed E-state index contributed by atoms with van der Waals surface area (Å²) in [5, 5.41) is 0.777. The van der Waals surface area contributed by atoms with Gasteiger partial charge in [-0.3, -0.25) is 10.2 Å². The van der Waals surface area contributed by atoms with Crippen LogP contribution in [0.15, 0.2) is 95.9 Å². The molecule has 2 heterocycles. The molecule has 0 spiro atoms. The summed E-state index contributed by atoms with van der Waals surface area (Å²) >= 11 is 0. The van der Waals surface area contributed by atoms with E-state index in [1.54, 1.807) is 12.3 Å². The molecule has 6 heteroatoms. The predicted molar refractivity (Wildman–Crippen MR) is 117 cm³/mol. The van der Waals surface area contributed by atoms with Crippen molar-refractivity contribution < 1.29 is 4.79 Å². The van der Waals surface area contributed by atoms with Gasteiger partial charge in [0, 0.05) is 17.1 Å². The van der Waals surface area contributed by atoms with E-state index >= 15 is 0 Å². The Morgan fingerprint density at radius 1 is 0.867 bits per heavy atom. The van der Waals surface area contributed by atoms with Gasteiger partial charge in [-0.2, -0.15) is 0 Å². The second kappa shape index (κ2) is 7.33. The summed E-state index contributed by atoms with van der Waals surface area (Å²) < 4.78 is 2.78. The van der Waals surface area contributed by atoms with E-state index in [1.807, 2.05) is 78.9 Å². The quantitative estimate of drug-likeness (QED) is 0.506. The smallest absolute Gasteiger partial charge is 0.273 e. The van der Waals surface area contributed by atoms with Crippen LogP contribution in [-0.2, 0) is 11.2 Å². The van der Waals surface area contributed by atoms with Crippen molar-refractivity contribution in [2.75, 3.05) is 5.43 Å². The molecule has 0 radical (unpaired) electrons. The minimum Gasteiger partial charge on any atom is -0.273 e. The number of fused-ring (bicyclic) bond motifs is 3. The third-order valence-electron chi connectivity index (χ3n) is 5.00. The number of aromatic nitrogens is 3. The molecule has 0 aliphatic rings. The first-order valence-electron chi connectivity index (χ1n) is 9.63. The number of carbonyl (C=O) groups is 1. The summed E-state index contributed by atoms with van der Waals surface area (Å²) in [6.45, 7) is 0. The maximum Gasteiger partial charge on any atom is 0.353 e. The predicted octanol–water partition coefficient (Wildman–Crippen LogP) is 3.63. The molecule has 6 nitrogen and oxygen atoms in total. The zero-order chi connectivity index (χ0) is 20.5. The number of amides is 1. The van der Waals surface area contributed by atoms with Gasteiger partial charge in [0.1, 0.15) is 0 Å². The molecule has 0 unspecified atom stereocenters. The molecule has 30 heavy (non-hydrogen) atoms. The highest BCUT2D eigenvalue weighted by Crippen LogP contribution is 2.22. The van der Waals surface area contributed by atoms with Crippen molar-refractivity contribution >= 4 is 22.5 Å². The largest absolute Gasteiger partial charge is 0.353 e. The molecule has 0 bridgehead atoms. The molecular formula is C24H18N4O2. The van der Waals surface area contributed by atoms with Gasteiger partial charge in [-0.1, -0.05) is 72.8 Å². The van der Waals surface area contributed by atoms with Crippen molar-refractivity contribution in [2.45, 2.75) is 6.42 Å². The molecule has 5 aromatic rings. The number of benzene rings is 3. The molecule has 0 aliphatic heterocycles. The Labute approximate surface area is 172 Å². The molecule has 0 aliphatic carbocycles. The lowest BCUT2D eigenvalue weighted by atomic mass is 10.1. The van der Waals surface area contributed by atoms with Crippen LogP contribution in [0.3, 0.4) is 0 Å². The topological polar surface area (TPSA) is 68.4 Å². The Bertz CT molecular complexity index is 1420. The van der Waals surface area contributed by atoms with E-state index in [-0.39, 0.29) is 18.0 Å². The second-order valence-corrected chi connectivity index (χ2v) is 7.02. The van der Waals surface area contributed by atoms with Crippen molar-refractivity contribution in [3.63, 3.8) is 0 Å². The Balaban J connectivity index is 1.63. The lowest BCUT2D eigenvalue weighted by Gasteiger charge is -2.12. The number of nitrogens with zero attached hydrogens (tertiary/aromatic N) is 3. The Kier molecular flexibility index (Phi) is 4.37. The number of imidazole rings is 1. The third kappa shape index (κ3) is 3.14. The van der Waals surface area contributed by atoms with Gasteiger partial charge in [0.25, 0.3) is 0 Å². The lowest BCUT2D eigenvalue weighted by molar-refractivity contribution is -0.116. The SMILES string of the molecule is O=C(Cc1ccccc1)Nn1c(=O)n2cc(-c3ccccc3)nc2c2ccccc21. The lowest BCUT2D eigenvalue weighted by Crippen LogP contribution is -2.37. The van der Waals surface area contributed by atoms with E-state index in [4.69, 9.17) is 4.98 Å². The minimum atomic E-state index is -0.375. The van der Waals surface area contributed by atoms with Crippen molar-refractivity contribution in [1.82, 2.24) is 14.1 Å². The summed E-state index contributed by atoms with van der Waals surface area (Å²) in [4.78, 5) is 30.6.